The van der Waals surface area contributed by atoms with Crippen LogP contribution in [0.4, 0.5) is 5.69 Å². The van der Waals surface area contributed by atoms with Crippen molar-refractivity contribution in [1.82, 2.24) is 9.13 Å². The zero-order chi connectivity index (χ0) is 23.9. The molecule has 172 valence electrons. The van der Waals surface area contributed by atoms with E-state index in [1.807, 2.05) is 0 Å². The minimum absolute atomic E-state index is 0.0486. The quantitative estimate of drug-likeness (QED) is 0.434. The maximum Gasteiger partial charge on any atom is 0.328 e. The molecule has 0 aliphatic rings. The number of ether oxygens (including phenoxy) is 2. The summed E-state index contributed by atoms with van der Waals surface area (Å²) in [4.78, 5) is 12.5. The summed E-state index contributed by atoms with van der Waals surface area (Å²) in [6.45, 7) is 1.63. The van der Waals surface area contributed by atoms with Gasteiger partial charge in [0.15, 0.2) is 5.75 Å². The maximum atomic E-state index is 13.2. The van der Waals surface area contributed by atoms with Crippen molar-refractivity contribution in [2.75, 3.05) is 11.8 Å². The van der Waals surface area contributed by atoms with Crippen molar-refractivity contribution in [3.05, 3.63) is 75.7 Å². The molecule has 0 atom stereocenters. The number of nitrogens with zero attached hydrogens (tertiary/aromatic N) is 2. The number of halogens is 1. The van der Waals surface area contributed by atoms with Crippen molar-refractivity contribution in [2.24, 2.45) is 14.1 Å². The summed E-state index contributed by atoms with van der Waals surface area (Å²) < 4.78 is 43.2. The number of fused-ring (bicyclic) bond motifs is 1. The molecule has 1 heterocycles. The highest BCUT2D eigenvalue weighted by atomic mass is 35.5. The summed E-state index contributed by atoms with van der Waals surface area (Å²) in [6.07, 6.45) is 0. The average Bonchev–Trinajstić information content (AvgIpc) is 2.99. The molecule has 0 fully saturated rings. The van der Waals surface area contributed by atoms with E-state index in [0.29, 0.717) is 33.1 Å². The van der Waals surface area contributed by atoms with Crippen LogP contribution in [0.1, 0.15) is 5.56 Å². The minimum atomic E-state index is -4.01. The molecule has 10 heteroatoms. The number of aromatic nitrogens is 2. The summed E-state index contributed by atoms with van der Waals surface area (Å²) in [5.41, 5.74) is 1.50. The fourth-order valence-electron chi connectivity index (χ4n) is 3.54. The van der Waals surface area contributed by atoms with Crippen LogP contribution >= 0.6 is 11.6 Å². The number of sulfonamides is 1. The maximum absolute atomic E-state index is 13.2. The number of imidazole rings is 1. The SMILES string of the molecule is COc1ccc(Oc2cc3c(cc2NS(=O)(=O)c2cccc(Cl)c2C)n(C)c(=O)n3C)cc1. The molecule has 0 saturated carbocycles. The molecule has 0 unspecified atom stereocenters. The van der Waals surface area contributed by atoms with Gasteiger partial charge in [-0.25, -0.2) is 13.2 Å². The lowest BCUT2D eigenvalue weighted by Gasteiger charge is -2.16. The Labute approximate surface area is 196 Å². The van der Waals surface area contributed by atoms with Crippen LogP contribution in [0.3, 0.4) is 0 Å². The third-order valence-corrected chi connectivity index (χ3v) is 7.33. The first-order chi connectivity index (χ1) is 15.6. The van der Waals surface area contributed by atoms with Crippen LogP contribution < -0.4 is 19.9 Å². The predicted octanol–water partition coefficient (Wildman–Crippen LogP) is 4.44. The van der Waals surface area contributed by atoms with Gasteiger partial charge in [-0.05, 0) is 55.0 Å². The Morgan fingerprint density at radius 2 is 1.55 bits per heavy atom. The molecule has 8 nitrogen and oxygen atoms in total. The number of rotatable bonds is 6. The molecular weight excluding hydrogens is 466 g/mol. The third kappa shape index (κ3) is 4.17. The van der Waals surface area contributed by atoms with E-state index in [0.717, 1.165) is 0 Å². The van der Waals surface area contributed by atoms with E-state index >= 15 is 0 Å². The summed E-state index contributed by atoms with van der Waals surface area (Å²) in [6, 6.07) is 14.7. The summed E-state index contributed by atoms with van der Waals surface area (Å²) in [5.74, 6) is 1.35. The standard InChI is InChI=1S/C23H22ClN3O5S/c1-14-17(24)6-5-7-22(14)33(29,30)25-18-12-19-20(27(3)23(28)26(19)2)13-21(18)32-16-10-8-15(31-4)9-11-16/h5-13,25H,1-4H3. The Morgan fingerprint density at radius 3 is 2.18 bits per heavy atom. The molecule has 0 aliphatic heterocycles. The average molecular weight is 488 g/mol. The van der Waals surface area contributed by atoms with Gasteiger partial charge in [-0.15, -0.1) is 0 Å². The van der Waals surface area contributed by atoms with Gasteiger partial charge < -0.3 is 9.47 Å². The van der Waals surface area contributed by atoms with Gasteiger partial charge in [-0.1, -0.05) is 17.7 Å². The minimum Gasteiger partial charge on any atom is -0.497 e. The lowest BCUT2D eigenvalue weighted by atomic mass is 10.2. The Balaban J connectivity index is 1.85. The van der Waals surface area contributed by atoms with E-state index < -0.39 is 10.0 Å². The number of methoxy groups -OCH3 is 1. The largest absolute Gasteiger partial charge is 0.497 e. The van der Waals surface area contributed by atoms with Crippen LogP contribution in [0.5, 0.6) is 17.2 Å². The van der Waals surface area contributed by atoms with Gasteiger partial charge in [0, 0.05) is 25.2 Å². The van der Waals surface area contributed by atoms with Crippen molar-refractivity contribution in [3.63, 3.8) is 0 Å². The molecule has 3 aromatic carbocycles. The van der Waals surface area contributed by atoms with Gasteiger partial charge in [0.25, 0.3) is 10.0 Å². The number of anilines is 1. The fraction of sp³-hybridized carbons (Fsp3) is 0.174. The van der Waals surface area contributed by atoms with Crippen molar-refractivity contribution in [3.8, 4) is 17.2 Å². The van der Waals surface area contributed by atoms with Crippen LogP contribution in [0.15, 0.2) is 64.3 Å². The van der Waals surface area contributed by atoms with E-state index in [1.165, 1.54) is 15.2 Å². The zero-order valence-corrected chi connectivity index (χ0v) is 20.0. The molecule has 1 N–H and O–H groups in total. The second-order valence-corrected chi connectivity index (χ2v) is 9.54. The highest BCUT2D eigenvalue weighted by molar-refractivity contribution is 7.92. The Hall–Kier alpha value is -3.43. The van der Waals surface area contributed by atoms with Gasteiger partial charge in [0.05, 0.1) is 28.7 Å². The number of hydrogen-bond acceptors (Lipinski definition) is 5. The summed E-state index contributed by atoms with van der Waals surface area (Å²) in [5, 5.41) is 0.341. The van der Waals surface area contributed by atoms with E-state index in [2.05, 4.69) is 4.72 Å². The first-order valence-corrected chi connectivity index (χ1v) is 11.8. The lowest BCUT2D eigenvalue weighted by Crippen LogP contribution is -2.19. The number of nitrogens with one attached hydrogen (secondary N) is 1. The smallest absolute Gasteiger partial charge is 0.328 e. The molecule has 4 rings (SSSR count). The van der Waals surface area contributed by atoms with Crippen molar-refractivity contribution in [1.29, 1.82) is 0 Å². The Bertz CT molecular complexity index is 1520. The van der Waals surface area contributed by atoms with Crippen LogP contribution in [0.2, 0.25) is 5.02 Å². The molecule has 0 aliphatic carbocycles. The molecule has 4 aromatic rings. The molecule has 0 saturated heterocycles. The van der Waals surface area contributed by atoms with Gasteiger partial charge in [-0.2, -0.15) is 0 Å². The first kappa shape index (κ1) is 22.8. The normalized spacial score (nSPS) is 11.5. The molecule has 1 aromatic heterocycles. The monoisotopic (exact) mass is 487 g/mol. The molecule has 0 radical (unpaired) electrons. The van der Waals surface area contributed by atoms with E-state index in [1.54, 1.807) is 76.7 Å². The molecule has 0 amide bonds. The number of benzene rings is 3. The predicted molar refractivity (Wildman–Crippen MR) is 128 cm³/mol. The third-order valence-electron chi connectivity index (χ3n) is 5.41. The second-order valence-electron chi connectivity index (χ2n) is 7.48. The van der Waals surface area contributed by atoms with Gasteiger partial charge >= 0.3 is 5.69 Å². The summed E-state index contributed by atoms with van der Waals surface area (Å²) >= 11 is 6.14. The molecule has 33 heavy (non-hydrogen) atoms. The van der Waals surface area contributed by atoms with Crippen LogP contribution in [-0.4, -0.2) is 24.7 Å². The molecular formula is C23H22ClN3O5S. The Morgan fingerprint density at radius 1 is 0.939 bits per heavy atom. The topological polar surface area (TPSA) is 91.6 Å². The van der Waals surface area contributed by atoms with Crippen molar-refractivity contribution >= 4 is 38.3 Å². The second kappa shape index (κ2) is 8.49. The van der Waals surface area contributed by atoms with Gasteiger partial charge in [-0.3, -0.25) is 13.9 Å². The number of aryl methyl sites for hydroxylation is 2. The highest BCUT2D eigenvalue weighted by Gasteiger charge is 2.22. The van der Waals surface area contributed by atoms with Gasteiger partial charge in [0.1, 0.15) is 11.5 Å². The van der Waals surface area contributed by atoms with Crippen LogP contribution in [-0.2, 0) is 24.1 Å². The summed E-state index contributed by atoms with van der Waals surface area (Å²) in [7, 11) is 0.814. The Kier molecular flexibility index (Phi) is 5.85. The van der Waals surface area contributed by atoms with Crippen molar-refractivity contribution < 1.29 is 17.9 Å². The van der Waals surface area contributed by atoms with Crippen molar-refractivity contribution in [2.45, 2.75) is 11.8 Å². The van der Waals surface area contributed by atoms with Gasteiger partial charge in [0.2, 0.25) is 0 Å². The number of hydrogen-bond donors (Lipinski definition) is 1. The molecule has 0 spiro atoms. The van der Waals surface area contributed by atoms with Crippen LogP contribution in [0, 0.1) is 6.92 Å². The lowest BCUT2D eigenvalue weighted by molar-refractivity contribution is 0.413. The highest BCUT2D eigenvalue weighted by Crippen LogP contribution is 2.36. The fourth-order valence-corrected chi connectivity index (χ4v) is 5.10. The molecule has 0 bridgehead atoms. The zero-order valence-electron chi connectivity index (χ0n) is 18.4. The van der Waals surface area contributed by atoms with E-state index in [9.17, 15) is 13.2 Å². The van der Waals surface area contributed by atoms with E-state index in [-0.39, 0.29) is 22.0 Å². The first-order valence-electron chi connectivity index (χ1n) is 9.91. The van der Waals surface area contributed by atoms with E-state index in [4.69, 9.17) is 21.1 Å². The van der Waals surface area contributed by atoms with Crippen LogP contribution in [0.25, 0.3) is 11.0 Å².